The van der Waals surface area contributed by atoms with Gasteiger partial charge in [-0.1, -0.05) is 5.92 Å². The first kappa shape index (κ1) is 14.1. The van der Waals surface area contributed by atoms with Crippen molar-refractivity contribution in [2.24, 2.45) is 5.92 Å². The SMILES string of the molecule is O=C1Nc2ccc3c(c2C(C#CC2CC2)(C(F)(F)F)O1)OCO3. The summed E-state index contributed by atoms with van der Waals surface area (Å²) in [5, 5.41) is 2.26. The first-order chi connectivity index (χ1) is 10.9. The third kappa shape index (κ3) is 2.07. The molecule has 0 saturated heterocycles. The number of hydrogen-bond acceptors (Lipinski definition) is 4. The summed E-state index contributed by atoms with van der Waals surface area (Å²) in [5.41, 5.74) is -3.48. The molecular weight excluding hydrogens is 315 g/mol. The van der Waals surface area contributed by atoms with Gasteiger partial charge in [-0.05, 0) is 30.9 Å². The number of rotatable bonds is 0. The topological polar surface area (TPSA) is 56.8 Å². The van der Waals surface area contributed by atoms with Crippen molar-refractivity contribution in [3.63, 3.8) is 0 Å². The third-order valence-electron chi connectivity index (χ3n) is 3.80. The van der Waals surface area contributed by atoms with Gasteiger partial charge >= 0.3 is 12.3 Å². The van der Waals surface area contributed by atoms with Gasteiger partial charge in [-0.3, -0.25) is 5.32 Å². The van der Waals surface area contributed by atoms with Gasteiger partial charge in [0.15, 0.2) is 11.5 Å². The van der Waals surface area contributed by atoms with E-state index in [1.165, 1.54) is 12.1 Å². The summed E-state index contributed by atoms with van der Waals surface area (Å²) in [6.07, 6.45) is -4.65. The normalized spacial score (nSPS) is 24.9. The Morgan fingerprint density at radius 2 is 2.04 bits per heavy atom. The molecule has 2 aliphatic heterocycles. The number of alkyl halides is 3. The maximum Gasteiger partial charge on any atom is 0.445 e. The number of nitrogens with one attached hydrogen (secondary N) is 1. The Balaban J connectivity index is 1.98. The minimum atomic E-state index is -4.93. The van der Waals surface area contributed by atoms with Gasteiger partial charge in [0.1, 0.15) is 0 Å². The number of halogens is 3. The molecule has 1 amide bonds. The molecule has 4 rings (SSSR count). The number of benzene rings is 1. The molecule has 1 N–H and O–H groups in total. The maximum absolute atomic E-state index is 13.9. The number of fused-ring (bicyclic) bond motifs is 3. The summed E-state index contributed by atoms with van der Waals surface area (Å²) in [4.78, 5) is 11.7. The molecule has 3 aliphatic rings. The second-order valence-corrected chi connectivity index (χ2v) is 5.46. The average molecular weight is 325 g/mol. The van der Waals surface area contributed by atoms with Crippen LogP contribution in [0.1, 0.15) is 18.4 Å². The minimum Gasteiger partial charge on any atom is -0.454 e. The molecule has 0 spiro atoms. The number of amides is 1. The highest BCUT2D eigenvalue weighted by atomic mass is 19.4. The van der Waals surface area contributed by atoms with Crippen LogP contribution in [0.15, 0.2) is 12.1 Å². The minimum absolute atomic E-state index is 0.0482. The van der Waals surface area contributed by atoms with Crippen molar-refractivity contribution in [3.05, 3.63) is 17.7 Å². The molecule has 1 fully saturated rings. The van der Waals surface area contributed by atoms with Crippen LogP contribution in [0.4, 0.5) is 23.7 Å². The molecule has 23 heavy (non-hydrogen) atoms. The molecule has 1 atom stereocenters. The van der Waals surface area contributed by atoms with Crippen molar-refractivity contribution in [2.45, 2.75) is 24.6 Å². The molecule has 120 valence electrons. The largest absolute Gasteiger partial charge is 0.454 e. The zero-order valence-corrected chi connectivity index (χ0v) is 11.6. The summed E-state index contributed by atoms with van der Waals surface area (Å²) < 4.78 is 56.6. The Bertz CT molecular complexity index is 760. The van der Waals surface area contributed by atoms with E-state index in [9.17, 15) is 18.0 Å². The first-order valence-corrected chi connectivity index (χ1v) is 6.93. The Labute approximate surface area is 128 Å². The quantitative estimate of drug-likeness (QED) is 0.745. The summed E-state index contributed by atoms with van der Waals surface area (Å²) in [5.74, 6) is 4.67. The Morgan fingerprint density at radius 3 is 2.74 bits per heavy atom. The summed E-state index contributed by atoms with van der Waals surface area (Å²) in [7, 11) is 0. The van der Waals surface area contributed by atoms with Crippen LogP contribution in [-0.4, -0.2) is 19.1 Å². The summed E-state index contributed by atoms with van der Waals surface area (Å²) >= 11 is 0. The highest BCUT2D eigenvalue weighted by Gasteiger charge is 2.64. The highest BCUT2D eigenvalue weighted by Crippen LogP contribution is 2.54. The molecular formula is C15H10F3NO4. The highest BCUT2D eigenvalue weighted by molar-refractivity contribution is 5.91. The van der Waals surface area contributed by atoms with Gasteiger partial charge in [-0.15, -0.1) is 0 Å². The van der Waals surface area contributed by atoms with Gasteiger partial charge in [0.05, 0.1) is 11.3 Å². The average Bonchev–Trinajstić information content (AvgIpc) is 3.18. The number of carbonyl (C=O) groups excluding carboxylic acids is 1. The lowest BCUT2D eigenvalue weighted by atomic mass is 9.89. The van der Waals surface area contributed by atoms with E-state index in [1.807, 2.05) is 0 Å². The van der Waals surface area contributed by atoms with Crippen LogP contribution in [-0.2, 0) is 10.3 Å². The lowest BCUT2D eigenvalue weighted by Crippen LogP contribution is -2.49. The lowest BCUT2D eigenvalue weighted by Gasteiger charge is -2.36. The molecule has 1 aromatic rings. The van der Waals surface area contributed by atoms with Crippen molar-refractivity contribution in [1.82, 2.24) is 0 Å². The Morgan fingerprint density at radius 1 is 1.26 bits per heavy atom. The fraction of sp³-hybridized carbons (Fsp3) is 0.400. The smallest absolute Gasteiger partial charge is 0.445 e. The maximum atomic E-state index is 13.9. The van der Waals surface area contributed by atoms with Crippen LogP contribution in [0.5, 0.6) is 11.5 Å². The van der Waals surface area contributed by atoms with Gasteiger partial charge in [0.2, 0.25) is 6.79 Å². The lowest BCUT2D eigenvalue weighted by molar-refractivity contribution is -0.239. The van der Waals surface area contributed by atoms with Crippen molar-refractivity contribution in [3.8, 4) is 23.3 Å². The zero-order valence-electron chi connectivity index (χ0n) is 11.6. The van der Waals surface area contributed by atoms with Crippen LogP contribution in [0.3, 0.4) is 0 Å². The van der Waals surface area contributed by atoms with E-state index in [2.05, 4.69) is 21.9 Å². The molecule has 2 heterocycles. The summed E-state index contributed by atoms with van der Waals surface area (Å²) in [6.45, 7) is -0.205. The number of cyclic esters (lactones) is 1. The number of anilines is 1. The van der Waals surface area contributed by atoms with Crippen molar-refractivity contribution in [1.29, 1.82) is 0 Å². The second kappa shape index (κ2) is 4.47. The molecule has 5 nitrogen and oxygen atoms in total. The first-order valence-electron chi connectivity index (χ1n) is 6.93. The standard InChI is InChI=1S/C15H10F3NO4/c16-15(17,18)14(6-5-8-1-2-8)11-9(19-13(20)23-14)3-4-10-12(11)22-7-21-10/h3-4,8H,1-2,7H2,(H,19,20). The van der Waals surface area contributed by atoms with Gasteiger partial charge < -0.3 is 14.2 Å². The molecule has 1 unspecified atom stereocenters. The van der Waals surface area contributed by atoms with E-state index in [0.29, 0.717) is 0 Å². The zero-order chi connectivity index (χ0) is 16.2. The molecule has 0 bridgehead atoms. The predicted octanol–water partition coefficient (Wildman–Crippen LogP) is 3.15. The van der Waals surface area contributed by atoms with E-state index < -0.39 is 17.9 Å². The molecule has 0 aromatic heterocycles. The van der Waals surface area contributed by atoms with E-state index in [4.69, 9.17) is 9.47 Å². The fourth-order valence-electron chi connectivity index (χ4n) is 2.54. The van der Waals surface area contributed by atoms with Gasteiger partial charge in [0, 0.05) is 5.92 Å². The van der Waals surface area contributed by atoms with Crippen LogP contribution < -0.4 is 14.8 Å². The molecule has 8 heteroatoms. The Hall–Kier alpha value is -2.56. The molecule has 1 aliphatic carbocycles. The number of ether oxygens (including phenoxy) is 3. The molecule has 1 saturated carbocycles. The van der Waals surface area contributed by atoms with Gasteiger partial charge in [-0.2, -0.15) is 13.2 Å². The van der Waals surface area contributed by atoms with Crippen molar-refractivity contribution in [2.75, 3.05) is 12.1 Å². The second-order valence-electron chi connectivity index (χ2n) is 5.46. The number of hydrogen-bond donors (Lipinski definition) is 1. The monoisotopic (exact) mass is 325 g/mol. The van der Waals surface area contributed by atoms with Crippen LogP contribution >= 0.6 is 0 Å². The molecule has 0 radical (unpaired) electrons. The Kier molecular flexibility index (Phi) is 2.73. The fourth-order valence-corrected chi connectivity index (χ4v) is 2.54. The van der Waals surface area contributed by atoms with Crippen LogP contribution in [0.2, 0.25) is 0 Å². The van der Waals surface area contributed by atoms with Crippen molar-refractivity contribution >= 4 is 11.8 Å². The van der Waals surface area contributed by atoms with E-state index in [-0.39, 0.29) is 35.5 Å². The van der Waals surface area contributed by atoms with E-state index >= 15 is 0 Å². The van der Waals surface area contributed by atoms with Crippen LogP contribution in [0, 0.1) is 17.8 Å². The van der Waals surface area contributed by atoms with Gasteiger partial charge in [-0.25, -0.2) is 4.79 Å². The number of carbonyl (C=O) groups is 1. The van der Waals surface area contributed by atoms with E-state index in [0.717, 1.165) is 12.8 Å². The van der Waals surface area contributed by atoms with E-state index in [1.54, 1.807) is 0 Å². The van der Waals surface area contributed by atoms with Crippen molar-refractivity contribution < 1.29 is 32.2 Å². The predicted molar refractivity (Wildman–Crippen MR) is 70.9 cm³/mol. The third-order valence-corrected chi connectivity index (χ3v) is 3.80. The van der Waals surface area contributed by atoms with Crippen LogP contribution in [0.25, 0.3) is 0 Å². The van der Waals surface area contributed by atoms with Gasteiger partial charge in [0.25, 0.3) is 5.60 Å². The molecule has 1 aromatic carbocycles. The summed E-state index contributed by atoms with van der Waals surface area (Å²) in [6, 6.07) is 2.75.